The number of carbonyl (C=O) groups is 6. The minimum Gasteiger partial charge on any atom is -0.481 e. The van der Waals surface area contributed by atoms with Gasteiger partial charge in [-0.05, 0) is 39.2 Å². The van der Waals surface area contributed by atoms with E-state index in [2.05, 4.69) is 16.0 Å². The standard InChI is InChI=1S/C19H34N6O9/c1-9(26)15(25-16(30)10(21)8-13(22)27)18(32)23-11(5-6-14(28)29)17(31)24-12(19(33)34)4-2-3-7-20/h9-12,15,26H,2-8,20-21H2,1H3,(H2,22,27)(H,23,32)(H,24,31)(H,25,30)(H,28,29)(H,33,34). The summed E-state index contributed by atoms with van der Waals surface area (Å²) in [5.41, 5.74) is 15.9. The number of aliphatic hydroxyl groups is 1. The SMILES string of the molecule is CC(O)C(NC(=O)C(N)CC(N)=O)C(=O)NC(CCC(=O)O)C(=O)NC(CCCCN)C(=O)O. The smallest absolute Gasteiger partial charge is 0.326 e. The van der Waals surface area contributed by atoms with Crippen LogP contribution in [0.15, 0.2) is 0 Å². The van der Waals surface area contributed by atoms with Crippen molar-refractivity contribution in [1.29, 1.82) is 0 Å². The van der Waals surface area contributed by atoms with E-state index < -0.39 is 85.1 Å². The molecule has 4 amide bonds. The summed E-state index contributed by atoms with van der Waals surface area (Å²) in [4.78, 5) is 70.8. The molecule has 0 aliphatic carbocycles. The summed E-state index contributed by atoms with van der Waals surface area (Å²) in [6, 6.07) is -5.81. The lowest BCUT2D eigenvalue weighted by Crippen LogP contribution is -2.60. The van der Waals surface area contributed by atoms with Crippen LogP contribution in [0.4, 0.5) is 0 Å². The highest BCUT2D eigenvalue weighted by Crippen LogP contribution is 2.06. The molecular formula is C19H34N6O9. The van der Waals surface area contributed by atoms with E-state index in [9.17, 15) is 39.0 Å². The fourth-order valence-electron chi connectivity index (χ4n) is 2.80. The second kappa shape index (κ2) is 15.5. The van der Waals surface area contributed by atoms with Crippen molar-refractivity contribution in [1.82, 2.24) is 16.0 Å². The molecule has 0 heterocycles. The van der Waals surface area contributed by atoms with Crippen molar-refractivity contribution in [2.45, 2.75) is 75.7 Å². The molecule has 12 N–H and O–H groups in total. The van der Waals surface area contributed by atoms with Crippen molar-refractivity contribution in [3.8, 4) is 0 Å². The van der Waals surface area contributed by atoms with Crippen molar-refractivity contribution in [2.24, 2.45) is 17.2 Å². The normalized spacial score (nSPS) is 15.2. The van der Waals surface area contributed by atoms with Gasteiger partial charge >= 0.3 is 11.9 Å². The zero-order chi connectivity index (χ0) is 26.4. The molecule has 5 unspecified atom stereocenters. The summed E-state index contributed by atoms with van der Waals surface area (Å²) < 4.78 is 0. The number of aliphatic hydroxyl groups excluding tert-OH is 1. The second-order valence-corrected chi connectivity index (χ2v) is 7.68. The largest absolute Gasteiger partial charge is 0.481 e. The molecule has 15 heteroatoms. The molecule has 0 saturated carbocycles. The van der Waals surface area contributed by atoms with Gasteiger partial charge in [0, 0.05) is 6.42 Å². The monoisotopic (exact) mass is 490 g/mol. The molecule has 0 spiro atoms. The van der Waals surface area contributed by atoms with Gasteiger partial charge in [0.05, 0.1) is 18.6 Å². The van der Waals surface area contributed by atoms with Gasteiger partial charge < -0.3 is 48.5 Å². The van der Waals surface area contributed by atoms with Crippen LogP contribution in [0.1, 0.15) is 45.4 Å². The molecule has 5 atom stereocenters. The molecule has 0 aromatic rings. The Morgan fingerprint density at radius 1 is 0.853 bits per heavy atom. The molecule has 0 rings (SSSR count). The van der Waals surface area contributed by atoms with E-state index in [1.165, 1.54) is 0 Å². The Hall–Kier alpha value is -3.30. The zero-order valence-corrected chi connectivity index (χ0v) is 18.9. The van der Waals surface area contributed by atoms with Gasteiger partial charge in [-0.25, -0.2) is 4.79 Å². The average molecular weight is 491 g/mol. The summed E-state index contributed by atoms with van der Waals surface area (Å²) in [6.45, 7) is 1.49. The molecular weight excluding hydrogens is 456 g/mol. The third kappa shape index (κ3) is 12.1. The minimum absolute atomic E-state index is 0.0575. The highest BCUT2D eigenvalue weighted by atomic mass is 16.4. The maximum absolute atomic E-state index is 12.7. The van der Waals surface area contributed by atoms with Gasteiger partial charge in [-0.15, -0.1) is 0 Å². The van der Waals surface area contributed by atoms with Gasteiger partial charge in [0.25, 0.3) is 0 Å². The number of nitrogens with two attached hydrogens (primary N) is 3. The van der Waals surface area contributed by atoms with Gasteiger partial charge in [0.2, 0.25) is 23.6 Å². The Kier molecular flexibility index (Phi) is 14.0. The number of carbonyl (C=O) groups excluding carboxylic acids is 4. The number of hydrogen-bond acceptors (Lipinski definition) is 9. The number of carboxylic acid groups (broad SMARTS) is 2. The van der Waals surface area contributed by atoms with E-state index in [-0.39, 0.29) is 6.42 Å². The predicted octanol–water partition coefficient (Wildman–Crippen LogP) is -3.90. The van der Waals surface area contributed by atoms with Crippen LogP contribution in [-0.2, 0) is 28.8 Å². The van der Waals surface area contributed by atoms with Crippen LogP contribution in [0.3, 0.4) is 0 Å². The number of aliphatic carboxylic acids is 2. The molecule has 15 nitrogen and oxygen atoms in total. The van der Waals surface area contributed by atoms with Crippen LogP contribution in [-0.4, -0.2) is 87.7 Å². The molecule has 0 bridgehead atoms. The zero-order valence-electron chi connectivity index (χ0n) is 18.9. The van der Waals surface area contributed by atoms with Crippen molar-refractivity contribution in [3.63, 3.8) is 0 Å². The Labute approximate surface area is 195 Å². The highest BCUT2D eigenvalue weighted by Gasteiger charge is 2.32. The first kappa shape index (κ1) is 30.7. The van der Waals surface area contributed by atoms with Crippen LogP contribution in [0, 0.1) is 0 Å². The summed E-state index contributed by atoms with van der Waals surface area (Å²) in [5.74, 6) is -6.47. The first-order chi connectivity index (χ1) is 15.8. The lowest BCUT2D eigenvalue weighted by Gasteiger charge is -2.26. The van der Waals surface area contributed by atoms with Crippen molar-refractivity contribution in [2.75, 3.05) is 6.54 Å². The van der Waals surface area contributed by atoms with Crippen molar-refractivity contribution in [3.05, 3.63) is 0 Å². The summed E-state index contributed by atoms with van der Waals surface area (Å²) in [7, 11) is 0. The van der Waals surface area contributed by atoms with E-state index >= 15 is 0 Å². The van der Waals surface area contributed by atoms with Crippen LogP contribution in [0.25, 0.3) is 0 Å². The van der Waals surface area contributed by atoms with E-state index in [4.69, 9.17) is 22.3 Å². The molecule has 0 aromatic heterocycles. The van der Waals surface area contributed by atoms with E-state index in [0.717, 1.165) is 6.92 Å². The van der Waals surface area contributed by atoms with Crippen LogP contribution >= 0.6 is 0 Å². The van der Waals surface area contributed by atoms with Gasteiger partial charge in [0.1, 0.15) is 18.1 Å². The number of unbranched alkanes of at least 4 members (excludes halogenated alkanes) is 1. The number of nitrogens with one attached hydrogen (secondary N) is 3. The molecule has 0 aromatic carbocycles. The fourth-order valence-corrected chi connectivity index (χ4v) is 2.80. The number of hydrogen-bond donors (Lipinski definition) is 9. The lowest BCUT2D eigenvalue weighted by molar-refractivity contribution is -0.143. The van der Waals surface area contributed by atoms with Crippen LogP contribution in [0.2, 0.25) is 0 Å². The highest BCUT2D eigenvalue weighted by molar-refractivity contribution is 5.95. The average Bonchev–Trinajstić information content (AvgIpc) is 2.72. The Morgan fingerprint density at radius 2 is 1.44 bits per heavy atom. The third-order valence-electron chi connectivity index (χ3n) is 4.66. The van der Waals surface area contributed by atoms with Crippen molar-refractivity contribution >= 4 is 35.6 Å². The van der Waals surface area contributed by atoms with Crippen LogP contribution in [0.5, 0.6) is 0 Å². The molecule has 0 radical (unpaired) electrons. The maximum Gasteiger partial charge on any atom is 0.326 e. The molecule has 0 aliphatic heterocycles. The summed E-state index contributed by atoms with van der Waals surface area (Å²) in [6.07, 6.45) is -1.96. The lowest BCUT2D eigenvalue weighted by atomic mass is 10.1. The van der Waals surface area contributed by atoms with Crippen LogP contribution < -0.4 is 33.2 Å². The van der Waals surface area contributed by atoms with E-state index in [1.54, 1.807) is 0 Å². The minimum atomic E-state index is -1.62. The summed E-state index contributed by atoms with van der Waals surface area (Å²) >= 11 is 0. The molecule has 0 fully saturated rings. The molecule has 0 aliphatic rings. The van der Waals surface area contributed by atoms with Gasteiger partial charge in [-0.1, -0.05) is 0 Å². The Morgan fingerprint density at radius 3 is 1.91 bits per heavy atom. The topological polar surface area (TPSA) is 277 Å². The predicted molar refractivity (Wildman–Crippen MR) is 117 cm³/mol. The third-order valence-corrected chi connectivity index (χ3v) is 4.66. The van der Waals surface area contributed by atoms with Crippen molar-refractivity contribution < 1.29 is 44.1 Å². The number of rotatable bonds is 17. The fraction of sp³-hybridized carbons (Fsp3) is 0.684. The van der Waals surface area contributed by atoms with Gasteiger partial charge in [-0.2, -0.15) is 0 Å². The molecule has 194 valence electrons. The number of amides is 4. The molecule has 34 heavy (non-hydrogen) atoms. The number of carboxylic acids is 2. The maximum atomic E-state index is 12.7. The summed E-state index contributed by atoms with van der Waals surface area (Å²) in [5, 5.41) is 34.8. The van der Waals surface area contributed by atoms with E-state index in [0.29, 0.717) is 19.4 Å². The first-order valence-electron chi connectivity index (χ1n) is 10.6. The molecule has 0 saturated heterocycles. The Balaban J connectivity index is 5.47. The number of primary amides is 1. The Bertz CT molecular complexity index is 746. The van der Waals surface area contributed by atoms with Gasteiger partial charge in [-0.3, -0.25) is 24.0 Å². The van der Waals surface area contributed by atoms with Gasteiger partial charge in [0.15, 0.2) is 0 Å². The second-order valence-electron chi connectivity index (χ2n) is 7.68. The van der Waals surface area contributed by atoms with E-state index in [1.807, 2.05) is 0 Å². The first-order valence-corrected chi connectivity index (χ1v) is 10.6. The quantitative estimate of drug-likeness (QED) is 0.0888.